The lowest BCUT2D eigenvalue weighted by Gasteiger charge is -2.44. The fourth-order valence-corrected chi connectivity index (χ4v) is 13.7. The van der Waals surface area contributed by atoms with Gasteiger partial charge >= 0.3 is 0 Å². The third-order valence-corrected chi connectivity index (χ3v) is 15.7. The topological polar surface area (TPSA) is 3.24 Å². The normalized spacial score (nSPS) is 27.6. The number of nitrogens with zero attached hydrogens (tertiary/aromatic N) is 1. The number of thioether (sulfide) groups is 1. The maximum Gasteiger partial charge on any atom is 0.0633 e. The van der Waals surface area contributed by atoms with E-state index in [2.05, 4.69) is 146 Å². The first-order valence-electron chi connectivity index (χ1n) is 21.0. The first-order valence-corrected chi connectivity index (χ1v) is 21.8. The molecule has 2 heteroatoms. The molecule has 0 spiro atoms. The zero-order valence-electron chi connectivity index (χ0n) is 32.0. The van der Waals surface area contributed by atoms with Crippen LogP contribution in [0, 0.1) is 5.92 Å². The van der Waals surface area contributed by atoms with Gasteiger partial charge in [-0.05, 0) is 151 Å². The molecule has 0 bridgehead atoms. The highest BCUT2D eigenvalue weighted by Crippen LogP contribution is 2.67. The molecule has 0 saturated heterocycles. The zero-order chi connectivity index (χ0) is 36.0. The van der Waals surface area contributed by atoms with E-state index in [1.807, 2.05) is 0 Å². The molecule has 2 aliphatic heterocycles. The summed E-state index contributed by atoms with van der Waals surface area (Å²) < 4.78 is 0. The molecule has 0 radical (unpaired) electrons. The summed E-state index contributed by atoms with van der Waals surface area (Å²) in [5, 5.41) is 0. The maximum atomic E-state index is 2.65. The first-order chi connectivity index (χ1) is 26.6. The molecular weight excluding hydrogens is 671 g/mol. The molecule has 1 nitrogen and oxygen atoms in total. The van der Waals surface area contributed by atoms with Gasteiger partial charge in [0, 0.05) is 32.5 Å². The molecular formula is C52H51NS. The van der Waals surface area contributed by atoms with Crippen molar-refractivity contribution in [2.75, 3.05) is 4.90 Å². The first kappa shape index (κ1) is 33.1. The molecule has 0 fully saturated rings. The lowest BCUT2D eigenvalue weighted by Crippen LogP contribution is -2.34. The van der Waals surface area contributed by atoms with Crippen molar-refractivity contribution >= 4 is 23.0 Å². The van der Waals surface area contributed by atoms with Gasteiger partial charge in [0.25, 0.3) is 0 Å². The van der Waals surface area contributed by atoms with E-state index in [9.17, 15) is 0 Å². The second kappa shape index (κ2) is 12.6. The van der Waals surface area contributed by atoms with Gasteiger partial charge in [0.15, 0.2) is 0 Å². The van der Waals surface area contributed by atoms with Crippen LogP contribution in [0.1, 0.15) is 108 Å². The molecule has 3 unspecified atom stereocenters. The van der Waals surface area contributed by atoms with Crippen LogP contribution in [0.15, 0.2) is 159 Å². The Morgan fingerprint density at radius 2 is 1.52 bits per heavy atom. The monoisotopic (exact) mass is 721 g/mol. The Balaban J connectivity index is 1.03. The molecule has 2 heterocycles. The quantitative estimate of drug-likeness (QED) is 0.247. The number of rotatable bonds is 4. The summed E-state index contributed by atoms with van der Waals surface area (Å²) in [6, 6.07) is 26.8. The molecule has 8 aliphatic rings. The maximum absolute atomic E-state index is 2.65. The molecule has 3 atom stereocenters. The average Bonchev–Trinajstić information content (AvgIpc) is 3.73. The minimum atomic E-state index is -0.132. The van der Waals surface area contributed by atoms with Crippen LogP contribution in [0.4, 0.5) is 5.69 Å². The predicted octanol–water partition coefficient (Wildman–Crippen LogP) is 14.0. The molecule has 0 N–H and O–H groups in total. The van der Waals surface area contributed by atoms with Gasteiger partial charge < -0.3 is 4.90 Å². The van der Waals surface area contributed by atoms with Crippen LogP contribution in [-0.4, -0.2) is 6.04 Å². The van der Waals surface area contributed by atoms with Crippen molar-refractivity contribution in [1.29, 1.82) is 0 Å². The summed E-state index contributed by atoms with van der Waals surface area (Å²) in [4.78, 5) is 5.63. The molecule has 11 rings (SSSR count). The highest BCUT2D eigenvalue weighted by molar-refractivity contribution is 8.04. The lowest BCUT2D eigenvalue weighted by atomic mass is 9.61. The summed E-state index contributed by atoms with van der Waals surface area (Å²) in [5.41, 5.74) is 19.5. The Labute approximate surface area is 326 Å². The van der Waals surface area contributed by atoms with E-state index in [-0.39, 0.29) is 10.8 Å². The van der Waals surface area contributed by atoms with E-state index in [1.165, 1.54) is 101 Å². The van der Waals surface area contributed by atoms with Crippen molar-refractivity contribution in [3.63, 3.8) is 0 Å². The van der Waals surface area contributed by atoms with E-state index in [0.29, 0.717) is 12.0 Å². The van der Waals surface area contributed by atoms with Gasteiger partial charge in [-0.2, -0.15) is 0 Å². The average molecular weight is 722 g/mol. The number of hydrogen-bond donors (Lipinski definition) is 0. The van der Waals surface area contributed by atoms with Gasteiger partial charge in [0.1, 0.15) is 0 Å². The van der Waals surface area contributed by atoms with Crippen molar-refractivity contribution in [1.82, 2.24) is 0 Å². The van der Waals surface area contributed by atoms with Crippen LogP contribution in [0.2, 0.25) is 0 Å². The van der Waals surface area contributed by atoms with Crippen LogP contribution < -0.4 is 4.90 Å². The predicted molar refractivity (Wildman–Crippen MR) is 229 cm³/mol. The van der Waals surface area contributed by atoms with Crippen molar-refractivity contribution in [2.24, 2.45) is 5.92 Å². The molecule has 3 aromatic rings. The second-order valence-corrected chi connectivity index (χ2v) is 18.4. The largest absolute Gasteiger partial charge is 0.334 e. The minimum absolute atomic E-state index is 0.0488. The van der Waals surface area contributed by atoms with E-state index in [1.54, 1.807) is 32.8 Å². The SMILES string of the molecule is CC1(C)C2=C(Sc3c(-c4ccc(N5C6=C(CCC=C6)C6CCC=CC65)cc4)cccc31)C1=C(CC2)C(C2=CCCC=C2)(C2=CCCCC2)c2ccccc21. The third kappa shape index (κ3) is 4.65. The van der Waals surface area contributed by atoms with Gasteiger partial charge in [-0.15, -0.1) is 0 Å². The van der Waals surface area contributed by atoms with E-state index >= 15 is 0 Å². The lowest BCUT2D eigenvalue weighted by molar-refractivity contribution is 0.501. The van der Waals surface area contributed by atoms with Crippen molar-refractivity contribution in [2.45, 2.75) is 113 Å². The standard InChI is InChI=1S/C52H51NS/c1-51(2)44-25-15-23-38(34-28-30-37(31-29-34)53-46-26-13-10-20-39(46)40-21-11-14-27-47(40)53)49(44)54-50-45(51)33-32-43-48(50)41-22-9-12-24-42(41)52(43,35-16-5-3-6-17-35)36-18-7-4-8-19-36/h5,9,12-18,22-31,39,46H,3-4,6-8,10-11,19-21,32-33H2,1-2H3. The van der Waals surface area contributed by atoms with Crippen molar-refractivity contribution < 1.29 is 0 Å². The Kier molecular flexibility index (Phi) is 7.75. The van der Waals surface area contributed by atoms with Crippen LogP contribution >= 0.6 is 11.8 Å². The third-order valence-electron chi connectivity index (χ3n) is 14.4. The van der Waals surface area contributed by atoms with Gasteiger partial charge in [-0.25, -0.2) is 0 Å². The molecule has 0 amide bonds. The van der Waals surface area contributed by atoms with Crippen LogP contribution in [-0.2, 0) is 10.8 Å². The molecule has 0 aromatic heterocycles. The fourth-order valence-electron chi connectivity index (χ4n) is 11.9. The second-order valence-electron chi connectivity index (χ2n) is 17.4. The van der Waals surface area contributed by atoms with Gasteiger partial charge in [0.05, 0.1) is 11.5 Å². The summed E-state index contributed by atoms with van der Waals surface area (Å²) >= 11 is 2.09. The zero-order valence-corrected chi connectivity index (χ0v) is 32.8. The Bertz CT molecular complexity index is 2350. The molecule has 6 aliphatic carbocycles. The Hall–Kier alpha value is -4.27. The highest BCUT2D eigenvalue weighted by Gasteiger charge is 2.53. The number of allylic oxidation sites excluding steroid dienone is 12. The smallest absolute Gasteiger partial charge is 0.0633 e. The Morgan fingerprint density at radius 3 is 2.37 bits per heavy atom. The van der Waals surface area contributed by atoms with Gasteiger partial charge in [-0.1, -0.05) is 128 Å². The summed E-state index contributed by atoms with van der Waals surface area (Å²) in [7, 11) is 0. The molecule has 270 valence electrons. The number of fused-ring (bicyclic) bond motifs is 6. The summed E-state index contributed by atoms with van der Waals surface area (Å²) in [6.45, 7) is 5.02. The van der Waals surface area contributed by atoms with E-state index < -0.39 is 0 Å². The Morgan fingerprint density at radius 1 is 0.685 bits per heavy atom. The minimum Gasteiger partial charge on any atom is -0.334 e. The van der Waals surface area contributed by atoms with Gasteiger partial charge in [-0.3, -0.25) is 0 Å². The van der Waals surface area contributed by atoms with Crippen LogP contribution in [0.5, 0.6) is 0 Å². The number of anilines is 1. The van der Waals surface area contributed by atoms with Crippen molar-refractivity contribution in [3.05, 3.63) is 170 Å². The summed E-state index contributed by atoms with van der Waals surface area (Å²) in [5.74, 6) is 0.658. The van der Waals surface area contributed by atoms with Crippen LogP contribution in [0.25, 0.3) is 16.7 Å². The van der Waals surface area contributed by atoms with Crippen molar-refractivity contribution in [3.8, 4) is 11.1 Å². The van der Waals surface area contributed by atoms with E-state index in [4.69, 9.17) is 0 Å². The van der Waals surface area contributed by atoms with Crippen LogP contribution in [0.3, 0.4) is 0 Å². The molecule has 54 heavy (non-hydrogen) atoms. The molecule has 3 aromatic carbocycles. The van der Waals surface area contributed by atoms with Gasteiger partial charge in [0.2, 0.25) is 0 Å². The fraction of sp³-hybridized carbons (Fsp3) is 0.346. The number of benzene rings is 3. The highest BCUT2D eigenvalue weighted by atomic mass is 32.2. The number of hydrogen-bond acceptors (Lipinski definition) is 2. The molecule has 0 saturated carbocycles. The van der Waals surface area contributed by atoms with E-state index in [0.717, 1.165) is 25.7 Å². The summed E-state index contributed by atoms with van der Waals surface area (Å²) in [6.07, 6.45) is 34.3.